The van der Waals surface area contributed by atoms with Gasteiger partial charge in [-0.2, -0.15) is 0 Å². The fourth-order valence-corrected chi connectivity index (χ4v) is 4.91. The van der Waals surface area contributed by atoms with Crippen LogP contribution < -0.4 is 10.2 Å². The van der Waals surface area contributed by atoms with E-state index in [1.54, 1.807) is 25.1 Å². The average Bonchev–Trinajstić information content (AvgIpc) is 3.31. The molecular formula is C25H32N4O4S. The number of rotatable bonds is 8. The number of cyclic esters (lactones) is 1. The molecule has 3 aliphatic heterocycles. The van der Waals surface area contributed by atoms with Crippen LogP contribution in [0.2, 0.25) is 0 Å². The number of hydrogen-bond acceptors (Lipinski definition) is 6. The van der Waals surface area contributed by atoms with Crippen LogP contribution >= 0.6 is 12.2 Å². The molecule has 1 aromatic rings. The van der Waals surface area contributed by atoms with E-state index >= 15 is 0 Å². The van der Waals surface area contributed by atoms with Crippen molar-refractivity contribution in [2.45, 2.75) is 46.1 Å². The predicted molar refractivity (Wildman–Crippen MR) is 134 cm³/mol. The molecule has 1 fully saturated rings. The fourth-order valence-electron chi connectivity index (χ4n) is 4.63. The van der Waals surface area contributed by atoms with Crippen molar-refractivity contribution in [3.05, 3.63) is 40.5 Å². The molecule has 182 valence electrons. The van der Waals surface area contributed by atoms with Gasteiger partial charge in [0.25, 0.3) is 11.8 Å². The van der Waals surface area contributed by atoms with E-state index in [0.29, 0.717) is 34.4 Å². The van der Waals surface area contributed by atoms with Gasteiger partial charge in [-0.05, 0) is 69.6 Å². The third-order valence-electron chi connectivity index (χ3n) is 6.70. The minimum atomic E-state index is -0.368. The molecule has 1 saturated heterocycles. The number of hydrogen-bond donors (Lipinski definition) is 1. The number of fused-ring (bicyclic) bond motifs is 1. The normalized spacial score (nSPS) is 18.6. The molecule has 0 spiro atoms. The number of imide groups is 1. The number of esters is 1. The Morgan fingerprint density at radius 3 is 2.59 bits per heavy atom. The number of anilines is 1. The number of thiocarbonyl (C=S) groups is 1. The lowest BCUT2D eigenvalue weighted by Gasteiger charge is -2.36. The van der Waals surface area contributed by atoms with Gasteiger partial charge >= 0.3 is 5.97 Å². The van der Waals surface area contributed by atoms with Crippen LogP contribution in [0.3, 0.4) is 0 Å². The van der Waals surface area contributed by atoms with Crippen molar-refractivity contribution >= 4 is 40.8 Å². The molecule has 3 aliphatic rings. The zero-order chi connectivity index (χ0) is 24.2. The van der Waals surface area contributed by atoms with Crippen molar-refractivity contribution in [2.75, 3.05) is 44.2 Å². The van der Waals surface area contributed by atoms with Gasteiger partial charge in [-0.15, -0.1) is 0 Å². The number of nitrogens with one attached hydrogen (secondary N) is 1. The van der Waals surface area contributed by atoms with E-state index in [0.717, 1.165) is 63.6 Å². The van der Waals surface area contributed by atoms with Crippen molar-refractivity contribution in [3.8, 4) is 0 Å². The highest BCUT2D eigenvalue weighted by Crippen LogP contribution is 2.32. The van der Waals surface area contributed by atoms with E-state index in [9.17, 15) is 14.4 Å². The number of carbonyl (C=O) groups is 3. The molecule has 1 N–H and O–H groups in total. The fraction of sp³-hybridized carbons (Fsp3) is 0.520. The molecule has 9 heteroatoms. The Balaban J connectivity index is 1.25. The molecule has 0 radical (unpaired) electrons. The Hall–Kier alpha value is -2.78. The summed E-state index contributed by atoms with van der Waals surface area (Å²) in [7, 11) is 0. The van der Waals surface area contributed by atoms with Crippen LogP contribution in [0.15, 0.2) is 29.3 Å². The van der Waals surface area contributed by atoms with E-state index in [2.05, 4.69) is 22.0 Å². The number of ether oxygens (including phenoxy) is 1. The van der Waals surface area contributed by atoms with E-state index in [4.69, 9.17) is 17.0 Å². The number of amides is 2. The smallest absolute Gasteiger partial charge is 0.338 e. The third kappa shape index (κ3) is 5.00. The zero-order valence-electron chi connectivity index (χ0n) is 19.9. The molecule has 3 heterocycles. The highest BCUT2D eigenvalue weighted by molar-refractivity contribution is 7.80. The Bertz CT molecular complexity index is 1030. The number of benzene rings is 1. The molecule has 8 nitrogen and oxygen atoms in total. The Morgan fingerprint density at radius 1 is 1.09 bits per heavy atom. The van der Waals surface area contributed by atoms with Crippen molar-refractivity contribution in [1.29, 1.82) is 0 Å². The minimum Gasteiger partial charge on any atom is -0.457 e. The lowest BCUT2D eigenvalue weighted by Crippen LogP contribution is -2.51. The van der Waals surface area contributed by atoms with Crippen molar-refractivity contribution < 1.29 is 19.1 Å². The maximum atomic E-state index is 13.1. The van der Waals surface area contributed by atoms with Gasteiger partial charge in [-0.1, -0.05) is 6.92 Å². The molecule has 34 heavy (non-hydrogen) atoms. The quantitative estimate of drug-likeness (QED) is 0.261. The Labute approximate surface area is 205 Å². The van der Waals surface area contributed by atoms with Gasteiger partial charge < -0.3 is 15.0 Å². The first kappa shape index (κ1) is 24.3. The van der Waals surface area contributed by atoms with Gasteiger partial charge in [0.1, 0.15) is 6.61 Å². The summed E-state index contributed by atoms with van der Waals surface area (Å²) in [5, 5.41) is 4.14. The summed E-state index contributed by atoms with van der Waals surface area (Å²) in [5.41, 5.74) is 2.80. The highest BCUT2D eigenvalue weighted by Gasteiger charge is 2.37. The van der Waals surface area contributed by atoms with Gasteiger partial charge in [0, 0.05) is 49.4 Å². The molecule has 4 rings (SSSR count). The maximum absolute atomic E-state index is 13.1. The van der Waals surface area contributed by atoms with Crippen LogP contribution in [0.1, 0.15) is 55.5 Å². The largest absolute Gasteiger partial charge is 0.457 e. The van der Waals surface area contributed by atoms with Crippen molar-refractivity contribution in [2.24, 2.45) is 0 Å². The predicted octanol–water partition coefficient (Wildman–Crippen LogP) is 2.62. The molecule has 0 aromatic heterocycles. The summed E-state index contributed by atoms with van der Waals surface area (Å²) in [6.45, 7) is 9.73. The van der Waals surface area contributed by atoms with Crippen LogP contribution in [-0.4, -0.2) is 72.0 Å². The first-order chi connectivity index (χ1) is 16.4. The number of piperazine rings is 1. The van der Waals surface area contributed by atoms with E-state index in [-0.39, 0.29) is 24.4 Å². The van der Waals surface area contributed by atoms with E-state index in [1.807, 2.05) is 0 Å². The number of unbranched alkanes of at least 4 members (excludes halogenated alkanes) is 1. The van der Waals surface area contributed by atoms with Gasteiger partial charge in [-0.25, -0.2) is 9.69 Å². The van der Waals surface area contributed by atoms with Crippen LogP contribution in [0.5, 0.6) is 0 Å². The summed E-state index contributed by atoms with van der Waals surface area (Å²) in [4.78, 5) is 43.5. The lowest BCUT2D eigenvalue weighted by molar-refractivity contribution is -0.120. The summed E-state index contributed by atoms with van der Waals surface area (Å²) in [6, 6.07) is 4.97. The molecule has 0 unspecified atom stereocenters. The van der Waals surface area contributed by atoms with E-state index in [1.165, 1.54) is 4.90 Å². The second kappa shape index (κ2) is 10.7. The zero-order valence-corrected chi connectivity index (χ0v) is 20.7. The minimum absolute atomic E-state index is 0.173. The van der Waals surface area contributed by atoms with Crippen LogP contribution in [-0.2, 0) is 20.9 Å². The van der Waals surface area contributed by atoms with Crippen LogP contribution in [0.4, 0.5) is 5.69 Å². The molecule has 2 amide bonds. The topological polar surface area (TPSA) is 82.2 Å². The Morgan fingerprint density at radius 2 is 1.85 bits per heavy atom. The SMILES string of the molecule is CCCNC(=S)N1CCN(CCCCC2=C(C)C(=O)N(c3ccc4c(c3)COC4=O)C2=O)CC1. The van der Waals surface area contributed by atoms with Gasteiger partial charge in [0.15, 0.2) is 5.11 Å². The van der Waals surface area contributed by atoms with Crippen LogP contribution in [0, 0.1) is 0 Å². The average molecular weight is 485 g/mol. The van der Waals surface area contributed by atoms with Crippen molar-refractivity contribution in [3.63, 3.8) is 0 Å². The molecule has 0 saturated carbocycles. The van der Waals surface area contributed by atoms with Gasteiger partial charge in [0.2, 0.25) is 0 Å². The number of carbonyl (C=O) groups excluding carboxylic acids is 3. The second-order valence-electron chi connectivity index (χ2n) is 8.98. The summed E-state index contributed by atoms with van der Waals surface area (Å²) < 4.78 is 5.03. The maximum Gasteiger partial charge on any atom is 0.338 e. The second-order valence-corrected chi connectivity index (χ2v) is 9.37. The Kier molecular flexibility index (Phi) is 7.63. The van der Waals surface area contributed by atoms with Crippen molar-refractivity contribution in [1.82, 2.24) is 15.1 Å². The monoisotopic (exact) mass is 484 g/mol. The van der Waals surface area contributed by atoms with Gasteiger partial charge in [-0.3, -0.25) is 14.5 Å². The lowest BCUT2D eigenvalue weighted by atomic mass is 10.0. The van der Waals surface area contributed by atoms with Crippen LogP contribution in [0.25, 0.3) is 0 Å². The molecule has 1 aromatic carbocycles. The standard InChI is InChI=1S/C25H32N4O4S/c1-3-9-26-25(34)28-13-11-27(12-14-28)10-5-4-6-20-17(2)22(30)29(23(20)31)19-7-8-21-18(15-19)16-33-24(21)32/h7-8,15H,3-6,9-14,16H2,1-2H3,(H,26,34). The molecule has 0 atom stereocenters. The first-order valence-corrected chi connectivity index (χ1v) is 12.4. The summed E-state index contributed by atoms with van der Waals surface area (Å²) in [5.74, 6) is -0.906. The van der Waals surface area contributed by atoms with E-state index < -0.39 is 0 Å². The molecular weight excluding hydrogens is 452 g/mol. The molecule has 0 bridgehead atoms. The highest BCUT2D eigenvalue weighted by atomic mass is 32.1. The summed E-state index contributed by atoms with van der Waals surface area (Å²) >= 11 is 5.46. The summed E-state index contributed by atoms with van der Waals surface area (Å²) in [6.07, 6.45) is 3.47. The van der Waals surface area contributed by atoms with Gasteiger partial charge in [0.05, 0.1) is 11.3 Å². The number of nitrogens with zero attached hydrogens (tertiary/aromatic N) is 3. The third-order valence-corrected chi connectivity index (χ3v) is 7.10. The first-order valence-electron chi connectivity index (χ1n) is 12.0. The molecule has 0 aliphatic carbocycles.